The lowest BCUT2D eigenvalue weighted by molar-refractivity contribution is -0.121. The summed E-state index contributed by atoms with van der Waals surface area (Å²) in [7, 11) is 0. The van der Waals surface area contributed by atoms with Crippen molar-refractivity contribution in [1.29, 1.82) is 0 Å². The normalized spacial score (nSPS) is 17.1. The lowest BCUT2D eigenvalue weighted by Crippen LogP contribution is -2.32. The lowest BCUT2D eigenvalue weighted by Gasteiger charge is -2.26. The van der Waals surface area contributed by atoms with Crippen molar-refractivity contribution in [1.82, 2.24) is 5.32 Å². The van der Waals surface area contributed by atoms with Gasteiger partial charge in [-0.2, -0.15) is 0 Å². The van der Waals surface area contributed by atoms with E-state index in [4.69, 9.17) is 0 Å². The number of nitrogens with one attached hydrogen (secondary N) is 1. The highest BCUT2D eigenvalue weighted by Crippen LogP contribution is 2.29. The van der Waals surface area contributed by atoms with Gasteiger partial charge in [-0.1, -0.05) is 54.1 Å². The van der Waals surface area contributed by atoms with Gasteiger partial charge >= 0.3 is 0 Å². The highest BCUT2D eigenvalue weighted by molar-refractivity contribution is 5.79. The van der Waals surface area contributed by atoms with Gasteiger partial charge in [-0.25, -0.2) is 0 Å². The Morgan fingerprint density at radius 2 is 2.05 bits per heavy atom. The van der Waals surface area contributed by atoms with Gasteiger partial charge in [-0.05, 0) is 42.9 Å². The van der Waals surface area contributed by atoms with Crippen LogP contribution in [0.15, 0.2) is 48.5 Å². The Labute approximate surface area is 126 Å². The highest BCUT2D eigenvalue weighted by atomic mass is 16.1. The minimum Gasteiger partial charge on any atom is -0.349 e. The molecule has 1 atom stereocenters. The molecule has 1 aliphatic rings. The van der Waals surface area contributed by atoms with Crippen LogP contribution in [-0.2, 0) is 17.6 Å². The van der Waals surface area contributed by atoms with E-state index in [9.17, 15) is 4.79 Å². The molecule has 0 aliphatic heterocycles. The molecule has 0 spiro atoms. The van der Waals surface area contributed by atoms with Gasteiger partial charge in [0.05, 0.1) is 12.5 Å². The maximum atomic E-state index is 12.3. The molecule has 0 radical (unpaired) electrons. The zero-order valence-electron chi connectivity index (χ0n) is 12.4. The van der Waals surface area contributed by atoms with E-state index in [0.29, 0.717) is 6.42 Å². The van der Waals surface area contributed by atoms with Gasteiger partial charge in [-0.15, -0.1) is 0 Å². The maximum Gasteiger partial charge on any atom is 0.224 e. The third-order valence-electron chi connectivity index (χ3n) is 4.15. The molecule has 1 amide bonds. The van der Waals surface area contributed by atoms with Gasteiger partial charge in [0.1, 0.15) is 0 Å². The van der Waals surface area contributed by atoms with Crippen LogP contribution in [-0.4, -0.2) is 5.91 Å². The summed E-state index contributed by atoms with van der Waals surface area (Å²) in [4.78, 5) is 12.3. The van der Waals surface area contributed by atoms with Gasteiger partial charge < -0.3 is 5.32 Å². The van der Waals surface area contributed by atoms with Crippen LogP contribution in [0.1, 0.15) is 41.1 Å². The van der Waals surface area contributed by atoms with E-state index in [0.717, 1.165) is 24.8 Å². The van der Waals surface area contributed by atoms with Crippen LogP contribution in [0.5, 0.6) is 0 Å². The Kier molecular flexibility index (Phi) is 4.05. The minimum atomic E-state index is 0.113. The third-order valence-corrected chi connectivity index (χ3v) is 4.15. The Bertz CT molecular complexity index is 648. The number of aryl methyl sites for hydroxylation is 2. The minimum absolute atomic E-state index is 0.113. The molecule has 2 heteroatoms. The smallest absolute Gasteiger partial charge is 0.224 e. The number of hydrogen-bond donors (Lipinski definition) is 1. The SMILES string of the molecule is Cc1cccc(CC(=O)NC2CCCc3ccccc32)c1. The second kappa shape index (κ2) is 6.13. The first-order valence-electron chi connectivity index (χ1n) is 7.65. The summed E-state index contributed by atoms with van der Waals surface area (Å²) in [5, 5.41) is 3.20. The summed E-state index contributed by atoms with van der Waals surface area (Å²) >= 11 is 0. The van der Waals surface area contributed by atoms with E-state index in [1.54, 1.807) is 0 Å². The number of benzene rings is 2. The van der Waals surface area contributed by atoms with Crippen molar-refractivity contribution in [2.75, 3.05) is 0 Å². The number of rotatable bonds is 3. The van der Waals surface area contributed by atoms with E-state index >= 15 is 0 Å². The van der Waals surface area contributed by atoms with Gasteiger partial charge in [0.25, 0.3) is 0 Å². The van der Waals surface area contributed by atoms with Gasteiger partial charge in [-0.3, -0.25) is 4.79 Å². The quantitative estimate of drug-likeness (QED) is 0.911. The van der Waals surface area contributed by atoms with E-state index in [-0.39, 0.29) is 11.9 Å². The van der Waals surface area contributed by atoms with Crippen molar-refractivity contribution in [3.63, 3.8) is 0 Å². The summed E-state index contributed by atoms with van der Waals surface area (Å²) in [5.74, 6) is 0.113. The fourth-order valence-corrected chi connectivity index (χ4v) is 3.16. The average Bonchev–Trinajstić information content (AvgIpc) is 2.47. The van der Waals surface area contributed by atoms with Gasteiger partial charge in [0, 0.05) is 0 Å². The molecule has 2 aromatic carbocycles. The first-order valence-corrected chi connectivity index (χ1v) is 7.65. The van der Waals surface area contributed by atoms with E-state index < -0.39 is 0 Å². The van der Waals surface area contributed by atoms with Crippen LogP contribution in [0.25, 0.3) is 0 Å². The molecular weight excluding hydrogens is 258 g/mol. The van der Waals surface area contributed by atoms with Crippen molar-refractivity contribution >= 4 is 5.91 Å². The molecule has 2 nitrogen and oxygen atoms in total. The van der Waals surface area contributed by atoms with Crippen LogP contribution < -0.4 is 5.32 Å². The molecular formula is C19H21NO. The maximum absolute atomic E-state index is 12.3. The molecule has 0 saturated heterocycles. The molecule has 0 aromatic heterocycles. The molecule has 0 bridgehead atoms. The Hall–Kier alpha value is -2.09. The largest absolute Gasteiger partial charge is 0.349 e. The zero-order valence-corrected chi connectivity index (χ0v) is 12.4. The summed E-state index contributed by atoms with van der Waals surface area (Å²) in [6.07, 6.45) is 3.77. The average molecular weight is 279 g/mol. The highest BCUT2D eigenvalue weighted by Gasteiger charge is 2.21. The molecule has 108 valence electrons. The predicted molar refractivity (Wildman–Crippen MR) is 85.1 cm³/mol. The standard InChI is InChI=1S/C19H21NO/c1-14-6-4-7-15(12-14)13-19(21)20-18-11-5-9-16-8-2-3-10-17(16)18/h2-4,6-8,10,12,18H,5,9,11,13H2,1H3,(H,20,21). The molecule has 1 aliphatic carbocycles. The number of carbonyl (C=O) groups is 1. The van der Waals surface area contributed by atoms with Crippen molar-refractivity contribution in [2.24, 2.45) is 0 Å². The second-order valence-corrected chi connectivity index (χ2v) is 5.88. The van der Waals surface area contributed by atoms with Gasteiger partial charge in [0.2, 0.25) is 5.91 Å². The fraction of sp³-hybridized carbons (Fsp3) is 0.316. The fourth-order valence-electron chi connectivity index (χ4n) is 3.16. The van der Waals surface area contributed by atoms with Crippen molar-refractivity contribution in [3.8, 4) is 0 Å². The molecule has 3 rings (SSSR count). The van der Waals surface area contributed by atoms with Crippen molar-refractivity contribution in [2.45, 2.75) is 38.6 Å². The molecule has 2 aromatic rings. The monoisotopic (exact) mass is 279 g/mol. The summed E-state index contributed by atoms with van der Waals surface area (Å²) in [6, 6.07) is 16.8. The first kappa shape index (κ1) is 13.9. The molecule has 21 heavy (non-hydrogen) atoms. The first-order chi connectivity index (χ1) is 10.2. The van der Waals surface area contributed by atoms with Crippen LogP contribution in [0.2, 0.25) is 0 Å². The van der Waals surface area contributed by atoms with Crippen LogP contribution in [0, 0.1) is 6.92 Å². The van der Waals surface area contributed by atoms with Crippen molar-refractivity contribution in [3.05, 3.63) is 70.8 Å². The second-order valence-electron chi connectivity index (χ2n) is 5.88. The Balaban J connectivity index is 1.68. The number of carbonyl (C=O) groups excluding carboxylic acids is 1. The molecule has 0 fully saturated rings. The Morgan fingerprint density at radius 3 is 2.90 bits per heavy atom. The predicted octanol–water partition coefficient (Wildman–Crippen LogP) is 3.73. The van der Waals surface area contributed by atoms with E-state index in [1.165, 1.54) is 16.7 Å². The molecule has 0 heterocycles. The van der Waals surface area contributed by atoms with Crippen LogP contribution in [0.4, 0.5) is 0 Å². The zero-order chi connectivity index (χ0) is 14.7. The molecule has 0 saturated carbocycles. The number of amides is 1. The Morgan fingerprint density at radius 1 is 1.19 bits per heavy atom. The summed E-state index contributed by atoms with van der Waals surface area (Å²) in [5.41, 5.74) is 4.95. The van der Waals surface area contributed by atoms with Crippen LogP contribution >= 0.6 is 0 Å². The number of fused-ring (bicyclic) bond motifs is 1. The van der Waals surface area contributed by atoms with Crippen LogP contribution in [0.3, 0.4) is 0 Å². The van der Waals surface area contributed by atoms with Gasteiger partial charge in [0.15, 0.2) is 0 Å². The topological polar surface area (TPSA) is 29.1 Å². The molecule has 1 unspecified atom stereocenters. The van der Waals surface area contributed by atoms with E-state index in [2.05, 4.69) is 48.6 Å². The van der Waals surface area contributed by atoms with Crippen molar-refractivity contribution < 1.29 is 4.79 Å². The third kappa shape index (κ3) is 3.33. The summed E-state index contributed by atoms with van der Waals surface area (Å²) in [6.45, 7) is 2.05. The van der Waals surface area contributed by atoms with E-state index in [1.807, 2.05) is 12.1 Å². The molecule has 1 N–H and O–H groups in total. The number of hydrogen-bond acceptors (Lipinski definition) is 1. The summed E-state index contributed by atoms with van der Waals surface area (Å²) < 4.78 is 0. The lowest BCUT2D eigenvalue weighted by atomic mass is 9.87.